The molecule has 8 heteroatoms. The molecule has 0 aliphatic heterocycles. The Morgan fingerprint density at radius 1 is 1.14 bits per heavy atom. The van der Waals surface area contributed by atoms with Crippen molar-refractivity contribution in [3.63, 3.8) is 0 Å². The standard InChI is InChI=1S/C20H26N2O5S/c1-20(2,3)15-8-9-18(23)17(13-15)22-19(24)14-6-5-7-16(12-14)28(25,26)21-10-11-27-4/h5-9,12-13,21,23H,10-11H2,1-4H3,(H,22,24). The molecule has 1 amide bonds. The maximum absolute atomic E-state index is 12.6. The van der Waals surface area contributed by atoms with E-state index in [2.05, 4.69) is 10.0 Å². The first kappa shape index (κ1) is 21.9. The first-order chi connectivity index (χ1) is 13.0. The molecule has 2 aromatic rings. The lowest BCUT2D eigenvalue weighted by atomic mass is 9.87. The molecular weight excluding hydrogens is 380 g/mol. The van der Waals surface area contributed by atoms with Crippen LogP contribution in [0.1, 0.15) is 36.7 Å². The van der Waals surface area contributed by atoms with Crippen molar-refractivity contribution < 1.29 is 23.1 Å². The molecule has 0 atom stereocenters. The van der Waals surface area contributed by atoms with Crippen molar-refractivity contribution in [2.24, 2.45) is 0 Å². The molecule has 7 nitrogen and oxygen atoms in total. The molecule has 0 heterocycles. The Morgan fingerprint density at radius 2 is 1.86 bits per heavy atom. The van der Waals surface area contributed by atoms with E-state index in [1.54, 1.807) is 12.1 Å². The number of hydrogen-bond acceptors (Lipinski definition) is 5. The fourth-order valence-electron chi connectivity index (χ4n) is 2.46. The first-order valence-electron chi connectivity index (χ1n) is 8.78. The Bertz CT molecular complexity index is 949. The summed E-state index contributed by atoms with van der Waals surface area (Å²) in [5, 5.41) is 12.7. The van der Waals surface area contributed by atoms with Gasteiger partial charge in [0.25, 0.3) is 5.91 Å². The summed E-state index contributed by atoms with van der Waals surface area (Å²) in [4.78, 5) is 12.6. The van der Waals surface area contributed by atoms with Crippen molar-refractivity contribution in [2.45, 2.75) is 31.1 Å². The molecular formula is C20H26N2O5S. The van der Waals surface area contributed by atoms with Crippen LogP contribution in [0.3, 0.4) is 0 Å². The van der Waals surface area contributed by atoms with Gasteiger partial charge in [-0.15, -0.1) is 0 Å². The number of benzene rings is 2. The van der Waals surface area contributed by atoms with Gasteiger partial charge < -0.3 is 15.2 Å². The van der Waals surface area contributed by atoms with Crippen molar-refractivity contribution in [1.29, 1.82) is 0 Å². The van der Waals surface area contributed by atoms with Crippen LogP contribution in [0.15, 0.2) is 47.4 Å². The summed E-state index contributed by atoms with van der Waals surface area (Å²) in [6, 6.07) is 10.7. The number of carbonyl (C=O) groups is 1. The van der Waals surface area contributed by atoms with Crippen LogP contribution < -0.4 is 10.0 Å². The van der Waals surface area contributed by atoms with Crippen LogP contribution in [-0.4, -0.2) is 39.7 Å². The van der Waals surface area contributed by atoms with Crippen LogP contribution in [0.2, 0.25) is 0 Å². The predicted molar refractivity (Wildman–Crippen MR) is 108 cm³/mol. The lowest BCUT2D eigenvalue weighted by Crippen LogP contribution is -2.27. The molecule has 0 radical (unpaired) electrons. The molecule has 152 valence electrons. The van der Waals surface area contributed by atoms with Gasteiger partial charge in [0.2, 0.25) is 10.0 Å². The van der Waals surface area contributed by atoms with E-state index in [1.165, 1.54) is 37.4 Å². The van der Waals surface area contributed by atoms with Gasteiger partial charge in [-0.2, -0.15) is 0 Å². The lowest BCUT2D eigenvalue weighted by Gasteiger charge is -2.20. The fourth-order valence-corrected chi connectivity index (χ4v) is 3.52. The third-order valence-electron chi connectivity index (χ3n) is 4.12. The average molecular weight is 407 g/mol. The van der Waals surface area contributed by atoms with Gasteiger partial charge in [0, 0.05) is 19.2 Å². The van der Waals surface area contributed by atoms with Crippen molar-refractivity contribution in [3.8, 4) is 5.75 Å². The smallest absolute Gasteiger partial charge is 0.255 e. The van der Waals surface area contributed by atoms with E-state index in [-0.39, 0.29) is 40.5 Å². The molecule has 0 fully saturated rings. The van der Waals surface area contributed by atoms with E-state index in [0.717, 1.165) is 5.56 Å². The Hall–Kier alpha value is -2.42. The Kier molecular flexibility index (Phi) is 6.82. The summed E-state index contributed by atoms with van der Waals surface area (Å²) in [5.74, 6) is -0.582. The second-order valence-corrected chi connectivity index (χ2v) is 9.12. The summed E-state index contributed by atoms with van der Waals surface area (Å²) in [6.07, 6.45) is 0. The number of methoxy groups -OCH3 is 1. The highest BCUT2D eigenvalue weighted by Gasteiger charge is 2.19. The summed E-state index contributed by atoms with van der Waals surface area (Å²) < 4.78 is 31.9. The zero-order chi connectivity index (χ0) is 20.9. The number of hydrogen-bond donors (Lipinski definition) is 3. The number of nitrogens with one attached hydrogen (secondary N) is 2. The van der Waals surface area contributed by atoms with Gasteiger partial charge in [0.15, 0.2) is 0 Å². The summed E-state index contributed by atoms with van der Waals surface area (Å²) >= 11 is 0. The molecule has 2 rings (SSSR count). The predicted octanol–water partition coefficient (Wildman–Crippen LogP) is 2.87. The van der Waals surface area contributed by atoms with E-state index in [9.17, 15) is 18.3 Å². The van der Waals surface area contributed by atoms with Crippen molar-refractivity contribution in [3.05, 3.63) is 53.6 Å². The average Bonchev–Trinajstić information content (AvgIpc) is 2.63. The van der Waals surface area contributed by atoms with E-state index in [4.69, 9.17) is 4.74 Å². The number of carbonyl (C=O) groups excluding carboxylic acids is 1. The molecule has 0 aliphatic rings. The molecule has 3 N–H and O–H groups in total. The maximum Gasteiger partial charge on any atom is 0.255 e. The lowest BCUT2D eigenvalue weighted by molar-refractivity contribution is 0.102. The van der Waals surface area contributed by atoms with E-state index < -0.39 is 15.9 Å². The maximum atomic E-state index is 12.6. The van der Waals surface area contributed by atoms with Gasteiger partial charge in [0.05, 0.1) is 17.2 Å². The van der Waals surface area contributed by atoms with Crippen molar-refractivity contribution >= 4 is 21.6 Å². The normalized spacial score (nSPS) is 12.0. The van der Waals surface area contributed by atoms with Gasteiger partial charge >= 0.3 is 0 Å². The number of sulfonamides is 1. The third kappa shape index (κ3) is 5.54. The number of phenols is 1. The monoisotopic (exact) mass is 406 g/mol. The zero-order valence-corrected chi connectivity index (χ0v) is 17.3. The number of amides is 1. The Balaban J connectivity index is 2.24. The molecule has 0 aliphatic carbocycles. The largest absolute Gasteiger partial charge is 0.506 e. The molecule has 0 saturated carbocycles. The number of phenolic OH excluding ortho intramolecular Hbond substituents is 1. The van der Waals surface area contributed by atoms with Gasteiger partial charge in [-0.1, -0.05) is 32.9 Å². The quantitative estimate of drug-likeness (QED) is 0.484. The second kappa shape index (κ2) is 8.72. The van der Waals surface area contributed by atoms with Crippen LogP contribution in [0.5, 0.6) is 5.75 Å². The minimum atomic E-state index is -3.76. The summed E-state index contributed by atoms with van der Waals surface area (Å²) in [7, 11) is -2.28. The van der Waals surface area contributed by atoms with Crippen molar-refractivity contribution in [2.75, 3.05) is 25.6 Å². The molecule has 28 heavy (non-hydrogen) atoms. The van der Waals surface area contributed by atoms with Crippen LogP contribution in [0.4, 0.5) is 5.69 Å². The molecule has 0 unspecified atom stereocenters. The number of ether oxygens (including phenoxy) is 1. The van der Waals surface area contributed by atoms with Gasteiger partial charge in [-0.3, -0.25) is 4.79 Å². The number of aromatic hydroxyl groups is 1. The SMILES string of the molecule is COCCNS(=O)(=O)c1cccc(C(=O)Nc2cc(C(C)(C)C)ccc2O)c1. The zero-order valence-electron chi connectivity index (χ0n) is 16.4. The fraction of sp³-hybridized carbons (Fsp3) is 0.350. The highest BCUT2D eigenvalue weighted by molar-refractivity contribution is 7.89. The third-order valence-corrected chi connectivity index (χ3v) is 5.57. The van der Waals surface area contributed by atoms with Gasteiger partial charge in [0.1, 0.15) is 5.75 Å². The number of rotatable bonds is 7. The highest BCUT2D eigenvalue weighted by atomic mass is 32.2. The van der Waals surface area contributed by atoms with E-state index in [0.29, 0.717) is 0 Å². The minimum Gasteiger partial charge on any atom is -0.506 e. The topological polar surface area (TPSA) is 105 Å². The highest BCUT2D eigenvalue weighted by Crippen LogP contribution is 2.31. The Morgan fingerprint density at radius 3 is 2.50 bits per heavy atom. The van der Waals surface area contributed by atoms with Crippen LogP contribution in [0.25, 0.3) is 0 Å². The van der Waals surface area contributed by atoms with Crippen molar-refractivity contribution in [1.82, 2.24) is 4.72 Å². The van der Waals surface area contributed by atoms with Crippen LogP contribution >= 0.6 is 0 Å². The minimum absolute atomic E-state index is 0.0242. The van der Waals surface area contributed by atoms with E-state index in [1.807, 2.05) is 20.8 Å². The molecule has 0 bridgehead atoms. The summed E-state index contributed by atoms with van der Waals surface area (Å²) in [6.45, 7) is 6.44. The van der Waals surface area contributed by atoms with E-state index >= 15 is 0 Å². The summed E-state index contributed by atoms with van der Waals surface area (Å²) in [5.41, 5.74) is 1.22. The molecule has 0 spiro atoms. The van der Waals surface area contributed by atoms with Gasteiger partial charge in [-0.05, 0) is 41.3 Å². The second-order valence-electron chi connectivity index (χ2n) is 7.35. The van der Waals surface area contributed by atoms with Gasteiger partial charge in [-0.25, -0.2) is 13.1 Å². The number of anilines is 1. The molecule has 0 saturated heterocycles. The first-order valence-corrected chi connectivity index (χ1v) is 10.3. The van der Waals surface area contributed by atoms with Crippen LogP contribution in [0, 0.1) is 0 Å². The molecule has 2 aromatic carbocycles. The molecule has 0 aromatic heterocycles. The Labute approximate surface area is 165 Å². The van der Waals surface area contributed by atoms with Crippen LogP contribution in [-0.2, 0) is 20.2 Å².